The van der Waals surface area contributed by atoms with Gasteiger partial charge in [-0.05, 0) is 18.4 Å². The van der Waals surface area contributed by atoms with E-state index in [1.165, 1.54) is 0 Å². The van der Waals surface area contributed by atoms with Crippen LogP contribution in [0.4, 0.5) is 0 Å². The lowest BCUT2D eigenvalue weighted by atomic mass is 9.87. The van der Waals surface area contributed by atoms with Crippen LogP contribution in [0.5, 0.6) is 0 Å². The van der Waals surface area contributed by atoms with E-state index < -0.39 is 0 Å². The van der Waals surface area contributed by atoms with Crippen LogP contribution in [0, 0.1) is 5.41 Å². The number of aliphatic hydroxyl groups is 1. The predicted octanol–water partition coefficient (Wildman–Crippen LogP) is -0.0287. The molecule has 16 heavy (non-hydrogen) atoms. The maximum absolute atomic E-state index is 8.88. The minimum atomic E-state index is 0.263. The second-order valence-electron chi connectivity index (χ2n) is 5.21. The molecule has 1 heterocycles. The molecule has 1 rings (SSSR count). The van der Waals surface area contributed by atoms with Gasteiger partial charge in [-0.2, -0.15) is 0 Å². The van der Waals surface area contributed by atoms with E-state index in [1.54, 1.807) is 0 Å². The first-order valence-electron chi connectivity index (χ1n) is 6.39. The summed E-state index contributed by atoms with van der Waals surface area (Å²) < 4.78 is 0. The number of hydrogen-bond acceptors (Lipinski definition) is 4. The van der Waals surface area contributed by atoms with E-state index in [1.807, 2.05) is 0 Å². The lowest BCUT2D eigenvalue weighted by molar-refractivity contribution is 0.0813. The molecule has 0 aliphatic carbocycles. The number of hydrogen-bond donors (Lipinski definition) is 2. The van der Waals surface area contributed by atoms with Crippen LogP contribution in [0.2, 0.25) is 0 Å². The molecule has 1 saturated heterocycles. The van der Waals surface area contributed by atoms with E-state index in [0.29, 0.717) is 0 Å². The molecule has 1 fully saturated rings. The lowest BCUT2D eigenvalue weighted by Crippen LogP contribution is -2.51. The molecule has 1 aliphatic rings. The van der Waals surface area contributed by atoms with Gasteiger partial charge < -0.3 is 15.7 Å². The normalized spacial score (nSPS) is 23.2. The number of rotatable bonds is 6. The predicted molar refractivity (Wildman–Crippen MR) is 67.4 cm³/mol. The molecule has 0 bridgehead atoms. The molecular weight excluding hydrogens is 202 g/mol. The van der Waals surface area contributed by atoms with Crippen molar-refractivity contribution in [2.24, 2.45) is 11.1 Å². The number of β-amino-alcohol motifs (C(OH)–C–C–N with tert-alkyl or cyclic N) is 1. The summed E-state index contributed by atoms with van der Waals surface area (Å²) in [5, 5.41) is 8.88. The molecule has 4 nitrogen and oxygen atoms in total. The molecule has 0 amide bonds. The average Bonchev–Trinajstić information content (AvgIpc) is 2.32. The third-order valence-electron chi connectivity index (χ3n) is 3.83. The highest BCUT2D eigenvalue weighted by Gasteiger charge is 2.25. The molecule has 0 radical (unpaired) electrons. The van der Waals surface area contributed by atoms with Gasteiger partial charge >= 0.3 is 0 Å². The van der Waals surface area contributed by atoms with Crippen LogP contribution in [0.25, 0.3) is 0 Å². The SMILES string of the molecule is CCC(C)(CN)CN1CCN(CCO)CC1. The second-order valence-corrected chi connectivity index (χ2v) is 5.21. The molecule has 4 heteroatoms. The van der Waals surface area contributed by atoms with Crippen LogP contribution < -0.4 is 5.73 Å². The van der Waals surface area contributed by atoms with Gasteiger partial charge in [0, 0.05) is 39.3 Å². The zero-order chi connectivity index (χ0) is 12.0. The molecule has 96 valence electrons. The molecular formula is C12H27N3O. The van der Waals surface area contributed by atoms with Crippen molar-refractivity contribution in [3.8, 4) is 0 Å². The summed E-state index contributed by atoms with van der Waals surface area (Å²) in [5.74, 6) is 0. The summed E-state index contributed by atoms with van der Waals surface area (Å²) in [6, 6.07) is 0. The molecule has 0 spiro atoms. The smallest absolute Gasteiger partial charge is 0.0558 e. The first-order valence-corrected chi connectivity index (χ1v) is 6.39. The van der Waals surface area contributed by atoms with Crippen LogP contribution in [0.3, 0.4) is 0 Å². The Balaban J connectivity index is 2.31. The Kier molecular flexibility index (Phi) is 5.69. The van der Waals surface area contributed by atoms with Gasteiger partial charge in [0.15, 0.2) is 0 Å². The van der Waals surface area contributed by atoms with Crippen molar-refractivity contribution in [1.29, 1.82) is 0 Å². The highest BCUT2D eigenvalue weighted by Crippen LogP contribution is 2.21. The fourth-order valence-corrected chi connectivity index (χ4v) is 2.17. The fraction of sp³-hybridized carbons (Fsp3) is 1.00. The Bertz CT molecular complexity index is 187. The summed E-state index contributed by atoms with van der Waals surface area (Å²) in [7, 11) is 0. The molecule has 0 saturated carbocycles. The maximum atomic E-state index is 8.88. The molecule has 1 aliphatic heterocycles. The molecule has 0 aromatic heterocycles. The van der Waals surface area contributed by atoms with E-state index in [0.717, 1.165) is 52.2 Å². The fourth-order valence-electron chi connectivity index (χ4n) is 2.17. The van der Waals surface area contributed by atoms with Crippen molar-refractivity contribution < 1.29 is 5.11 Å². The Morgan fingerprint density at radius 1 is 1.19 bits per heavy atom. The number of nitrogens with two attached hydrogens (primary N) is 1. The maximum Gasteiger partial charge on any atom is 0.0558 e. The lowest BCUT2D eigenvalue weighted by Gasteiger charge is -2.39. The van der Waals surface area contributed by atoms with E-state index >= 15 is 0 Å². The van der Waals surface area contributed by atoms with Gasteiger partial charge in [-0.3, -0.25) is 4.90 Å². The van der Waals surface area contributed by atoms with E-state index in [-0.39, 0.29) is 12.0 Å². The number of nitrogens with zero attached hydrogens (tertiary/aromatic N) is 2. The van der Waals surface area contributed by atoms with Gasteiger partial charge in [0.05, 0.1) is 6.61 Å². The third kappa shape index (κ3) is 4.01. The molecule has 0 aromatic carbocycles. The van der Waals surface area contributed by atoms with E-state index in [9.17, 15) is 0 Å². The highest BCUT2D eigenvalue weighted by molar-refractivity contribution is 4.81. The summed E-state index contributed by atoms with van der Waals surface area (Å²) in [5.41, 5.74) is 6.10. The summed E-state index contributed by atoms with van der Waals surface area (Å²) in [6.07, 6.45) is 1.14. The van der Waals surface area contributed by atoms with Crippen LogP contribution in [-0.4, -0.2) is 67.3 Å². The number of piperazine rings is 1. The molecule has 3 N–H and O–H groups in total. The van der Waals surface area contributed by atoms with Crippen molar-refractivity contribution in [3.63, 3.8) is 0 Å². The van der Waals surface area contributed by atoms with Crippen molar-refractivity contribution in [2.45, 2.75) is 20.3 Å². The topological polar surface area (TPSA) is 52.7 Å². The van der Waals surface area contributed by atoms with Crippen molar-refractivity contribution in [1.82, 2.24) is 9.80 Å². The number of aliphatic hydroxyl groups excluding tert-OH is 1. The van der Waals surface area contributed by atoms with Gasteiger partial charge in [0.1, 0.15) is 0 Å². The van der Waals surface area contributed by atoms with Crippen LogP contribution in [-0.2, 0) is 0 Å². The van der Waals surface area contributed by atoms with E-state index in [4.69, 9.17) is 10.8 Å². The molecule has 1 atom stereocenters. The van der Waals surface area contributed by atoms with Crippen LogP contribution in [0.15, 0.2) is 0 Å². The first kappa shape index (κ1) is 13.9. The monoisotopic (exact) mass is 229 g/mol. The van der Waals surface area contributed by atoms with Crippen molar-refractivity contribution >= 4 is 0 Å². The van der Waals surface area contributed by atoms with Crippen LogP contribution in [0.1, 0.15) is 20.3 Å². The highest BCUT2D eigenvalue weighted by atomic mass is 16.3. The van der Waals surface area contributed by atoms with Gasteiger partial charge in [0.2, 0.25) is 0 Å². The molecule has 1 unspecified atom stereocenters. The summed E-state index contributed by atoms with van der Waals surface area (Å²) >= 11 is 0. The van der Waals surface area contributed by atoms with Gasteiger partial charge in [0.25, 0.3) is 0 Å². The van der Waals surface area contributed by atoms with E-state index in [2.05, 4.69) is 23.6 Å². The quantitative estimate of drug-likeness (QED) is 0.672. The Morgan fingerprint density at radius 2 is 1.75 bits per heavy atom. The van der Waals surface area contributed by atoms with Gasteiger partial charge in [-0.1, -0.05) is 13.8 Å². The minimum Gasteiger partial charge on any atom is -0.395 e. The second kappa shape index (κ2) is 6.55. The minimum absolute atomic E-state index is 0.263. The van der Waals surface area contributed by atoms with Crippen molar-refractivity contribution in [2.75, 3.05) is 52.4 Å². The third-order valence-corrected chi connectivity index (χ3v) is 3.83. The Hall–Kier alpha value is -0.160. The standard InChI is InChI=1S/C12H27N3O/c1-3-12(2,10-13)11-15-6-4-14(5-7-15)8-9-16/h16H,3-11,13H2,1-2H3. The molecule has 0 aromatic rings. The van der Waals surface area contributed by atoms with Gasteiger partial charge in [-0.15, -0.1) is 0 Å². The average molecular weight is 229 g/mol. The summed E-state index contributed by atoms with van der Waals surface area (Å²) in [4.78, 5) is 4.83. The Morgan fingerprint density at radius 3 is 2.19 bits per heavy atom. The summed E-state index contributed by atoms with van der Waals surface area (Å²) in [6.45, 7) is 11.8. The zero-order valence-corrected chi connectivity index (χ0v) is 10.8. The Labute approximate surface area is 99.4 Å². The van der Waals surface area contributed by atoms with Gasteiger partial charge in [-0.25, -0.2) is 0 Å². The van der Waals surface area contributed by atoms with Crippen LogP contribution >= 0.6 is 0 Å². The van der Waals surface area contributed by atoms with Crippen molar-refractivity contribution in [3.05, 3.63) is 0 Å². The largest absolute Gasteiger partial charge is 0.395 e. The first-order chi connectivity index (χ1) is 7.63. The zero-order valence-electron chi connectivity index (χ0n) is 10.8.